The van der Waals surface area contributed by atoms with Gasteiger partial charge in [0.1, 0.15) is 5.75 Å². The first-order valence-corrected chi connectivity index (χ1v) is 10.9. The Morgan fingerprint density at radius 2 is 1.59 bits per heavy atom. The first kappa shape index (κ1) is 21.0. The molecule has 0 aromatic heterocycles. The van der Waals surface area contributed by atoms with Crippen LogP contribution in [0.15, 0.2) is 89.8 Å². The Balaban J connectivity index is 1.38. The minimum Gasteiger partial charge on any atom is -0.493 e. The molecular weight excluding hydrogens is 378 g/mol. The van der Waals surface area contributed by atoms with Gasteiger partial charge in [-0.3, -0.25) is 4.79 Å². The van der Waals surface area contributed by atoms with Crippen LogP contribution in [0.1, 0.15) is 29.3 Å². The number of ether oxygens (including phenoxy) is 1. The molecule has 0 unspecified atom stereocenters. The molecule has 0 radical (unpaired) electrons. The Morgan fingerprint density at radius 1 is 0.931 bits per heavy atom. The molecule has 3 aromatic carbocycles. The molecule has 4 heteroatoms. The van der Waals surface area contributed by atoms with Gasteiger partial charge < -0.3 is 10.1 Å². The highest BCUT2D eigenvalue weighted by atomic mass is 32.2. The van der Waals surface area contributed by atoms with Crippen LogP contribution in [0.25, 0.3) is 0 Å². The third-order valence-corrected chi connectivity index (χ3v) is 5.54. The van der Waals surface area contributed by atoms with Crippen molar-refractivity contribution in [1.82, 2.24) is 5.32 Å². The molecule has 3 aromatic rings. The Hall–Kier alpha value is -2.72. The molecule has 29 heavy (non-hydrogen) atoms. The quantitative estimate of drug-likeness (QED) is 0.352. The summed E-state index contributed by atoms with van der Waals surface area (Å²) in [6, 6.07) is 28.1. The normalized spacial score (nSPS) is 11.6. The molecule has 0 spiro atoms. The van der Waals surface area contributed by atoms with E-state index in [2.05, 4.69) is 29.6 Å². The van der Waals surface area contributed by atoms with Crippen molar-refractivity contribution < 1.29 is 9.53 Å². The number of amides is 1. The second-order valence-electron chi connectivity index (χ2n) is 6.93. The van der Waals surface area contributed by atoms with Crippen molar-refractivity contribution in [3.63, 3.8) is 0 Å². The number of rotatable bonds is 10. The Kier molecular flexibility index (Phi) is 8.20. The number of aryl methyl sites for hydroxylation is 1. The summed E-state index contributed by atoms with van der Waals surface area (Å²) in [5.74, 6) is 1.62. The van der Waals surface area contributed by atoms with Gasteiger partial charge in [-0.15, -0.1) is 11.8 Å². The molecule has 1 atom stereocenters. The molecule has 0 aliphatic heterocycles. The zero-order chi connectivity index (χ0) is 20.3. The van der Waals surface area contributed by atoms with Gasteiger partial charge in [0, 0.05) is 22.3 Å². The molecule has 1 N–H and O–H groups in total. The van der Waals surface area contributed by atoms with E-state index >= 15 is 0 Å². The van der Waals surface area contributed by atoms with E-state index in [0.717, 1.165) is 24.3 Å². The first-order chi connectivity index (χ1) is 14.2. The lowest BCUT2D eigenvalue weighted by Crippen LogP contribution is -2.32. The second-order valence-corrected chi connectivity index (χ2v) is 8.10. The number of carbonyl (C=O) groups is 1. The summed E-state index contributed by atoms with van der Waals surface area (Å²) in [5.41, 5.74) is 1.95. The van der Waals surface area contributed by atoms with Gasteiger partial charge in [0.25, 0.3) is 5.91 Å². The third kappa shape index (κ3) is 7.31. The predicted molar refractivity (Wildman–Crippen MR) is 121 cm³/mol. The van der Waals surface area contributed by atoms with Crippen molar-refractivity contribution in [2.24, 2.45) is 0 Å². The van der Waals surface area contributed by atoms with Crippen LogP contribution in [0.4, 0.5) is 0 Å². The topological polar surface area (TPSA) is 38.3 Å². The lowest BCUT2D eigenvalue weighted by molar-refractivity contribution is 0.0938. The Labute approximate surface area is 177 Å². The number of nitrogens with one attached hydrogen (secondary N) is 1. The van der Waals surface area contributed by atoms with Gasteiger partial charge in [0.2, 0.25) is 0 Å². The lowest BCUT2D eigenvalue weighted by Gasteiger charge is -2.14. The highest BCUT2D eigenvalue weighted by Gasteiger charge is 2.10. The smallest absolute Gasteiger partial charge is 0.251 e. The van der Waals surface area contributed by atoms with E-state index in [1.807, 2.05) is 67.6 Å². The predicted octanol–water partition coefficient (Wildman–Crippen LogP) is 5.61. The van der Waals surface area contributed by atoms with Gasteiger partial charge in [-0.05, 0) is 61.7 Å². The van der Waals surface area contributed by atoms with Crippen LogP contribution < -0.4 is 10.1 Å². The summed E-state index contributed by atoms with van der Waals surface area (Å²) in [4.78, 5) is 13.7. The maximum absolute atomic E-state index is 12.4. The monoisotopic (exact) mass is 405 g/mol. The number of thioether (sulfide) groups is 1. The number of benzene rings is 3. The van der Waals surface area contributed by atoms with E-state index in [9.17, 15) is 4.79 Å². The average Bonchev–Trinajstić information content (AvgIpc) is 2.77. The summed E-state index contributed by atoms with van der Waals surface area (Å²) in [6.45, 7) is 2.67. The summed E-state index contributed by atoms with van der Waals surface area (Å²) in [7, 11) is 0. The maximum Gasteiger partial charge on any atom is 0.251 e. The van der Waals surface area contributed by atoms with E-state index in [4.69, 9.17) is 4.74 Å². The zero-order valence-electron chi connectivity index (χ0n) is 16.7. The van der Waals surface area contributed by atoms with E-state index in [-0.39, 0.29) is 11.9 Å². The molecule has 0 aliphatic rings. The summed E-state index contributed by atoms with van der Waals surface area (Å²) in [5, 5.41) is 3.07. The standard InChI is InChI=1S/C25H27NO2S/c1-20(12-13-21-8-4-2-5-9-21)26-25(27)22-14-16-23(17-15-22)28-18-19-29-24-10-6-3-7-11-24/h2-11,14-17,20H,12-13,18-19H2,1H3,(H,26,27)/t20-/m1/s1. The van der Waals surface area contributed by atoms with Crippen LogP contribution in [0.2, 0.25) is 0 Å². The van der Waals surface area contributed by atoms with Crippen molar-refractivity contribution in [2.45, 2.75) is 30.7 Å². The molecular formula is C25H27NO2S. The molecule has 0 aliphatic carbocycles. The summed E-state index contributed by atoms with van der Waals surface area (Å²) in [6.07, 6.45) is 1.87. The number of hydrogen-bond acceptors (Lipinski definition) is 3. The molecule has 3 nitrogen and oxygen atoms in total. The summed E-state index contributed by atoms with van der Waals surface area (Å²) < 4.78 is 5.78. The minimum absolute atomic E-state index is 0.0447. The molecule has 0 bridgehead atoms. The van der Waals surface area contributed by atoms with Gasteiger partial charge in [0.05, 0.1) is 6.61 Å². The molecule has 0 fully saturated rings. The molecule has 0 saturated carbocycles. The number of hydrogen-bond donors (Lipinski definition) is 1. The van der Waals surface area contributed by atoms with Gasteiger partial charge in [0.15, 0.2) is 0 Å². The minimum atomic E-state index is -0.0447. The van der Waals surface area contributed by atoms with E-state index in [1.54, 1.807) is 11.8 Å². The van der Waals surface area contributed by atoms with Gasteiger partial charge >= 0.3 is 0 Å². The van der Waals surface area contributed by atoms with Crippen LogP contribution in [0.3, 0.4) is 0 Å². The van der Waals surface area contributed by atoms with Crippen molar-refractivity contribution in [1.29, 1.82) is 0 Å². The van der Waals surface area contributed by atoms with E-state index in [1.165, 1.54) is 10.5 Å². The van der Waals surface area contributed by atoms with Crippen LogP contribution in [0, 0.1) is 0 Å². The Bertz CT molecular complexity index is 866. The van der Waals surface area contributed by atoms with Crippen LogP contribution >= 0.6 is 11.8 Å². The molecule has 0 saturated heterocycles. The molecule has 150 valence electrons. The van der Waals surface area contributed by atoms with Gasteiger partial charge in [-0.25, -0.2) is 0 Å². The highest BCUT2D eigenvalue weighted by molar-refractivity contribution is 7.99. The zero-order valence-corrected chi connectivity index (χ0v) is 17.5. The third-order valence-electron chi connectivity index (χ3n) is 4.57. The fourth-order valence-electron chi connectivity index (χ4n) is 2.95. The first-order valence-electron chi connectivity index (χ1n) is 9.96. The fourth-order valence-corrected chi connectivity index (χ4v) is 3.70. The van der Waals surface area contributed by atoms with Crippen molar-refractivity contribution in [3.8, 4) is 5.75 Å². The fraction of sp³-hybridized carbons (Fsp3) is 0.240. The average molecular weight is 406 g/mol. The van der Waals surface area contributed by atoms with Gasteiger partial charge in [-0.1, -0.05) is 48.5 Å². The maximum atomic E-state index is 12.4. The van der Waals surface area contributed by atoms with E-state index in [0.29, 0.717) is 12.2 Å². The largest absolute Gasteiger partial charge is 0.493 e. The molecule has 1 amide bonds. The highest BCUT2D eigenvalue weighted by Crippen LogP contribution is 2.18. The van der Waals surface area contributed by atoms with Crippen LogP contribution in [-0.2, 0) is 6.42 Å². The second kappa shape index (κ2) is 11.3. The van der Waals surface area contributed by atoms with Crippen LogP contribution in [-0.4, -0.2) is 24.3 Å². The van der Waals surface area contributed by atoms with E-state index < -0.39 is 0 Å². The van der Waals surface area contributed by atoms with Crippen molar-refractivity contribution in [3.05, 3.63) is 96.1 Å². The lowest BCUT2D eigenvalue weighted by atomic mass is 10.1. The molecule has 3 rings (SSSR count). The number of carbonyl (C=O) groups excluding carboxylic acids is 1. The Morgan fingerprint density at radius 3 is 2.28 bits per heavy atom. The molecule has 0 heterocycles. The van der Waals surface area contributed by atoms with Crippen molar-refractivity contribution in [2.75, 3.05) is 12.4 Å². The van der Waals surface area contributed by atoms with Gasteiger partial charge in [-0.2, -0.15) is 0 Å². The summed E-state index contributed by atoms with van der Waals surface area (Å²) >= 11 is 1.77. The van der Waals surface area contributed by atoms with Crippen molar-refractivity contribution >= 4 is 17.7 Å². The SMILES string of the molecule is C[C@H](CCc1ccccc1)NC(=O)c1ccc(OCCSc2ccccc2)cc1. The van der Waals surface area contributed by atoms with Crippen LogP contribution in [0.5, 0.6) is 5.75 Å².